The van der Waals surface area contributed by atoms with Crippen LogP contribution in [-0.2, 0) is 0 Å². The van der Waals surface area contributed by atoms with Crippen molar-refractivity contribution in [1.29, 1.82) is 0 Å². The fourth-order valence-corrected chi connectivity index (χ4v) is 3.58. The Kier molecular flexibility index (Phi) is 5.08. The molecule has 0 aromatic carbocycles. The van der Waals surface area contributed by atoms with Crippen LogP contribution in [0.5, 0.6) is 0 Å². The lowest BCUT2D eigenvalue weighted by Gasteiger charge is -2.33. The van der Waals surface area contributed by atoms with Crippen molar-refractivity contribution in [2.75, 3.05) is 26.2 Å². The lowest BCUT2D eigenvalue weighted by molar-refractivity contribution is 0.198. The molecule has 0 amide bonds. The molecule has 0 bridgehead atoms. The summed E-state index contributed by atoms with van der Waals surface area (Å²) >= 11 is 0. The molecule has 2 rings (SSSR count). The van der Waals surface area contributed by atoms with Gasteiger partial charge in [-0.3, -0.25) is 0 Å². The predicted octanol–water partition coefficient (Wildman–Crippen LogP) is 3.28. The summed E-state index contributed by atoms with van der Waals surface area (Å²) in [6.45, 7) is 12.4. The fraction of sp³-hybridized carbons (Fsp3) is 1.00. The molecule has 2 atom stereocenters. The second kappa shape index (κ2) is 6.38. The van der Waals surface area contributed by atoms with E-state index >= 15 is 0 Å². The number of nitrogens with zero attached hydrogens (tertiary/aromatic N) is 1. The van der Waals surface area contributed by atoms with Gasteiger partial charge in [0.05, 0.1) is 0 Å². The van der Waals surface area contributed by atoms with Gasteiger partial charge in [-0.1, -0.05) is 27.2 Å². The Balaban J connectivity index is 1.78. The Labute approximate surface area is 114 Å². The van der Waals surface area contributed by atoms with Crippen LogP contribution in [0.2, 0.25) is 0 Å². The second-order valence-corrected chi connectivity index (χ2v) is 7.27. The summed E-state index contributed by atoms with van der Waals surface area (Å²) in [5.41, 5.74) is 0.570. The summed E-state index contributed by atoms with van der Waals surface area (Å²) in [6, 6.07) is 0.755. The Morgan fingerprint density at radius 3 is 2.83 bits per heavy atom. The van der Waals surface area contributed by atoms with Crippen molar-refractivity contribution in [2.24, 2.45) is 11.3 Å². The number of piperidine rings is 1. The second-order valence-electron chi connectivity index (χ2n) is 7.27. The largest absolute Gasteiger partial charge is 0.313 e. The van der Waals surface area contributed by atoms with Crippen molar-refractivity contribution < 1.29 is 0 Å². The van der Waals surface area contributed by atoms with Crippen molar-refractivity contribution in [1.82, 2.24) is 10.2 Å². The Morgan fingerprint density at radius 1 is 1.22 bits per heavy atom. The number of hydrogen-bond donors (Lipinski definition) is 1. The third-order valence-corrected chi connectivity index (χ3v) is 5.09. The highest BCUT2D eigenvalue weighted by Crippen LogP contribution is 2.30. The van der Waals surface area contributed by atoms with E-state index in [1.165, 1.54) is 64.7 Å². The van der Waals surface area contributed by atoms with Crippen molar-refractivity contribution >= 4 is 0 Å². The summed E-state index contributed by atoms with van der Waals surface area (Å²) in [7, 11) is 0. The van der Waals surface area contributed by atoms with Gasteiger partial charge in [0.25, 0.3) is 0 Å². The van der Waals surface area contributed by atoms with Crippen LogP contribution >= 0.6 is 0 Å². The Bertz CT molecular complexity index is 249. The lowest BCUT2D eigenvalue weighted by Crippen LogP contribution is -2.46. The van der Waals surface area contributed by atoms with Crippen LogP contribution < -0.4 is 5.32 Å². The molecule has 2 fully saturated rings. The molecule has 0 aromatic rings. The number of likely N-dealkylation sites (tertiary alicyclic amines) is 1. The van der Waals surface area contributed by atoms with Gasteiger partial charge >= 0.3 is 0 Å². The quantitative estimate of drug-likeness (QED) is 0.829. The maximum Gasteiger partial charge on any atom is 0.0197 e. The number of hydrogen-bond acceptors (Lipinski definition) is 2. The molecule has 0 radical (unpaired) electrons. The number of rotatable bonds is 3. The first-order chi connectivity index (χ1) is 8.59. The third-order valence-electron chi connectivity index (χ3n) is 5.09. The molecule has 18 heavy (non-hydrogen) atoms. The van der Waals surface area contributed by atoms with E-state index in [0.717, 1.165) is 12.0 Å². The molecule has 0 saturated carbocycles. The molecule has 106 valence electrons. The van der Waals surface area contributed by atoms with E-state index in [2.05, 4.69) is 31.0 Å². The maximum absolute atomic E-state index is 3.73. The number of nitrogens with one attached hydrogen (secondary N) is 1. The average molecular weight is 252 g/mol. The molecule has 2 nitrogen and oxygen atoms in total. The predicted molar refractivity (Wildman–Crippen MR) is 78.9 cm³/mol. The molecule has 2 unspecified atom stereocenters. The minimum atomic E-state index is 0.570. The van der Waals surface area contributed by atoms with Gasteiger partial charge < -0.3 is 10.2 Å². The summed E-state index contributed by atoms with van der Waals surface area (Å²) in [5, 5.41) is 3.73. The van der Waals surface area contributed by atoms with Gasteiger partial charge in [-0.25, -0.2) is 0 Å². The van der Waals surface area contributed by atoms with E-state index in [9.17, 15) is 0 Å². The smallest absolute Gasteiger partial charge is 0.0197 e. The molecule has 0 spiro atoms. The third kappa shape index (κ3) is 4.24. The van der Waals surface area contributed by atoms with E-state index in [1.54, 1.807) is 0 Å². The van der Waals surface area contributed by atoms with Crippen LogP contribution in [-0.4, -0.2) is 37.1 Å². The zero-order valence-electron chi connectivity index (χ0n) is 12.7. The van der Waals surface area contributed by atoms with E-state index in [0.29, 0.717) is 5.41 Å². The lowest BCUT2D eigenvalue weighted by atomic mass is 9.85. The van der Waals surface area contributed by atoms with Gasteiger partial charge in [-0.15, -0.1) is 0 Å². The summed E-state index contributed by atoms with van der Waals surface area (Å²) in [4.78, 5) is 2.71. The van der Waals surface area contributed by atoms with Crippen molar-refractivity contribution in [2.45, 2.75) is 65.3 Å². The molecule has 2 heterocycles. The van der Waals surface area contributed by atoms with Crippen LogP contribution in [0.1, 0.15) is 59.3 Å². The van der Waals surface area contributed by atoms with Crippen molar-refractivity contribution in [3.8, 4) is 0 Å². The summed E-state index contributed by atoms with van der Waals surface area (Å²) in [5.74, 6) is 0.972. The van der Waals surface area contributed by atoms with Gasteiger partial charge in [-0.05, 0) is 63.1 Å². The van der Waals surface area contributed by atoms with E-state index in [4.69, 9.17) is 0 Å². The highest BCUT2D eigenvalue weighted by molar-refractivity contribution is 4.83. The van der Waals surface area contributed by atoms with E-state index in [-0.39, 0.29) is 0 Å². The SMILES string of the molecule is CCC1CCNC(CN2CCCC(C)(C)CC2)C1. The molecular formula is C16H32N2. The van der Waals surface area contributed by atoms with Gasteiger partial charge in [-0.2, -0.15) is 0 Å². The van der Waals surface area contributed by atoms with Crippen LogP contribution in [0.15, 0.2) is 0 Å². The van der Waals surface area contributed by atoms with Crippen molar-refractivity contribution in [3.05, 3.63) is 0 Å². The minimum Gasteiger partial charge on any atom is -0.313 e. The maximum atomic E-state index is 3.73. The molecule has 2 aliphatic rings. The van der Waals surface area contributed by atoms with Crippen LogP contribution in [0.4, 0.5) is 0 Å². The average Bonchev–Trinajstić information content (AvgIpc) is 2.51. The highest BCUT2D eigenvalue weighted by Gasteiger charge is 2.26. The molecule has 2 heteroatoms. The molecule has 1 N–H and O–H groups in total. The molecule has 0 aromatic heterocycles. The Hall–Kier alpha value is -0.0800. The molecule has 2 aliphatic heterocycles. The highest BCUT2D eigenvalue weighted by atomic mass is 15.2. The van der Waals surface area contributed by atoms with Gasteiger partial charge in [0.1, 0.15) is 0 Å². The summed E-state index contributed by atoms with van der Waals surface area (Å²) < 4.78 is 0. The first-order valence-corrected chi connectivity index (χ1v) is 8.05. The first-order valence-electron chi connectivity index (χ1n) is 8.05. The summed E-state index contributed by atoms with van der Waals surface area (Å²) in [6.07, 6.45) is 8.31. The van der Waals surface area contributed by atoms with Crippen LogP contribution in [0.3, 0.4) is 0 Å². The Morgan fingerprint density at radius 2 is 2.06 bits per heavy atom. The fourth-order valence-electron chi connectivity index (χ4n) is 3.58. The zero-order chi connectivity index (χ0) is 13.0. The van der Waals surface area contributed by atoms with E-state index < -0.39 is 0 Å². The normalized spacial score (nSPS) is 34.2. The van der Waals surface area contributed by atoms with Gasteiger partial charge in [0, 0.05) is 12.6 Å². The monoisotopic (exact) mass is 252 g/mol. The molecular weight excluding hydrogens is 220 g/mol. The van der Waals surface area contributed by atoms with Gasteiger partial charge in [0.2, 0.25) is 0 Å². The van der Waals surface area contributed by atoms with Crippen molar-refractivity contribution in [3.63, 3.8) is 0 Å². The topological polar surface area (TPSA) is 15.3 Å². The standard InChI is InChI=1S/C16H32N2/c1-4-14-6-9-17-15(12-14)13-18-10-5-7-16(2,3)8-11-18/h14-15,17H,4-13H2,1-3H3. The van der Waals surface area contributed by atoms with Gasteiger partial charge in [0.15, 0.2) is 0 Å². The first kappa shape index (κ1) is 14.3. The van der Waals surface area contributed by atoms with Crippen LogP contribution in [0.25, 0.3) is 0 Å². The van der Waals surface area contributed by atoms with Crippen LogP contribution in [0, 0.1) is 11.3 Å². The zero-order valence-corrected chi connectivity index (χ0v) is 12.7. The molecule has 0 aliphatic carbocycles. The molecule has 2 saturated heterocycles. The van der Waals surface area contributed by atoms with E-state index in [1.807, 2.05) is 0 Å². The minimum absolute atomic E-state index is 0.570.